The van der Waals surface area contributed by atoms with Gasteiger partial charge in [-0.05, 0) is 37.8 Å². The van der Waals surface area contributed by atoms with Crippen LogP contribution in [0.1, 0.15) is 32.1 Å². The van der Waals surface area contributed by atoms with Crippen molar-refractivity contribution in [3.8, 4) is 11.5 Å². The van der Waals surface area contributed by atoms with Crippen molar-refractivity contribution in [1.82, 2.24) is 0 Å². The summed E-state index contributed by atoms with van der Waals surface area (Å²) in [6.45, 7) is 0. The highest BCUT2D eigenvalue weighted by Crippen LogP contribution is 2.49. The monoisotopic (exact) mass is 406 g/mol. The van der Waals surface area contributed by atoms with E-state index in [1.54, 1.807) is 37.3 Å². The van der Waals surface area contributed by atoms with Crippen LogP contribution in [0.4, 0.5) is 11.4 Å². The molecule has 0 spiro atoms. The molecule has 2 aromatic rings. The number of nitrogens with one attached hydrogen (secondary N) is 1. The average Bonchev–Trinajstić information content (AvgIpc) is 2.79. The number of amides is 2. The van der Waals surface area contributed by atoms with Crippen LogP contribution in [0.15, 0.2) is 60.3 Å². The Morgan fingerprint density at radius 1 is 1.03 bits per heavy atom. The molecule has 0 saturated carbocycles. The maximum atomic E-state index is 13.6. The van der Waals surface area contributed by atoms with Crippen molar-refractivity contribution in [1.29, 1.82) is 0 Å². The van der Waals surface area contributed by atoms with Gasteiger partial charge in [0.2, 0.25) is 11.8 Å². The third-order valence-electron chi connectivity index (χ3n) is 5.95. The smallest absolute Gasteiger partial charge is 0.236 e. The van der Waals surface area contributed by atoms with Gasteiger partial charge >= 0.3 is 0 Å². The van der Waals surface area contributed by atoms with E-state index in [9.17, 15) is 9.59 Å². The first-order chi connectivity index (χ1) is 14.6. The lowest BCUT2D eigenvalue weighted by Gasteiger charge is -2.45. The largest absolute Gasteiger partial charge is 0.497 e. The van der Waals surface area contributed by atoms with Crippen LogP contribution in [0.2, 0.25) is 0 Å². The summed E-state index contributed by atoms with van der Waals surface area (Å²) in [5.74, 6) is 1.13. The normalized spacial score (nSPS) is 20.8. The lowest BCUT2D eigenvalue weighted by molar-refractivity contribution is -0.128. The minimum absolute atomic E-state index is 0.0285. The van der Waals surface area contributed by atoms with Gasteiger partial charge in [0.25, 0.3) is 0 Å². The molecule has 0 aromatic heterocycles. The quantitative estimate of drug-likeness (QED) is 0.793. The molecule has 0 bridgehead atoms. The Labute approximate surface area is 176 Å². The standard InChI is InChI=1S/C24H26N2O4/c1-29-19-14-17(15-20(16-19)30-2)25-23(28)24-12-7-6-10-21(24)26(22(27)11-13-24)18-8-4-3-5-9-18/h3-5,8-10,14-16H,6-7,11-13H2,1-2H3,(H,25,28). The first-order valence-electron chi connectivity index (χ1n) is 10.2. The maximum absolute atomic E-state index is 13.6. The SMILES string of the molecule is COc1cc(NC(=O)C23CCCC=C2N(c2ccccc2)C(=O)CC3)cc(OC)c1. The zero-order valence-electron chi connectivity index (χ0n) is 17.3. The summed E-state index contributed by atoms with van der Waals surface area (Å²) in [5, 5.41) is 3.06. The first kappa shape index (κ1) is 20.0. The Bertz CT molecular complexity index is 964. The molecule has 2 aliphatic rings. The van der Waals surface area contributed by atoms with Crippen molar-refractivity contribution in [2.24, 2.45) is 5.41 Å². The minimum Gasteiger partial charge on any atom is -0.497 e. The summed E-state index contributed by atoms with van der Waals surface area (Å²) >= 11 is 0. The van der Waals surface area contributed by atoms with Crippen LogP contribution in [0.5, 0.6) is 11.5 Å². The highest BCUT2D eigenvalue weighted by molar-refractivity contribution is 6.05. The Balaban J connectivity index is 1.70. The summed E-state index contributed by atoms with van der Waals surface area (Å²) in [7, 11) is 3.15. The summed E-state index contributed by atoms with van der Waals surface area (Å²) < 4.78 is 10.6. The molecule has 0 radical (unpaired) electrons. The lowest BCUT2D eigenvalue weighted by Crippen LogP contribution is -2.51. The molecule has 6 nitrogen and oxygen atoms in total. The molecule has 1 saturated heterocycles. The summed E-state index contributed by atoms with van der Waals surface area (Å²) in [6.07, 6.45) is 5.37. The molecule has 1 aliphatic carbocycles. The number of hydrogen-bond acceptors (Lipinski definition) is 4. The number of ether oxygens (including phenoxy) is 2. The molecule has 2 amide bonds. The van der Waals surface area contributed by atoms with E-state index in [2.05, 4.69) is 11.4 Å². The molecule has 4 rings (SSSR count). The Kier molecular flexibility index (Phi) is 5.48. The lowest BCUT2D eigenvalue weighted by atomic mass is 9.69. The highest BCUT2D eigenvalue weighted by Gasteiger charge is 2.50. The molecule has 2 aromatic carbocycles. The molecule has 1 heterocycles. The predicted molar refractivity (Wildman–Crippen MR) is 116 cm³/mol. The number of allylic oxidation sites excluding steroid dienone is 1. The molecule has 1 fully saturated rings. The Morgan fingerprint density at radius 2 is 1.73 bits per heavy atom. The van der Waals surface area contributed by atoms with E-state index in [0.717, 1.165) is 24.2 Å². The molecule has 1 N–H and O–H groups in total. The number of anilines is 2. The Hall–Kier alpha value is -3.28. The number of hydrogen-bond donors (Lipinski definition) is 1. The number of rotatable bonds is 5. The second kappa shape index (κ2) is 8.22. The van der Waals surface area contributed by atoms with Gasteiger partial charge < -0.3 is 14.8 Å². The molecule has 6 heteroatoms. The van der Waals surface area contributed by atoms with Crippen LogP contribution in [0, 0.1) is 5.41 Å². The number of benzene rings is 2. The van der Waals surface area contributed by atoms with Crippen molar-refractivity contribution >= 4 is 23.2 Å². The number of para-hydroxylation sites is 1. The second-order valence-corrected chi connectivity index (χ2v) is 7.68. The molecule has 1 atom stereocenters. The molecule has 156 valence electrons. The van der Waals surface area contributed by atoms with E-state index in [4.69, 9.17) is 9.47 Å². The van der Waals surface area contributed by atoms with E-state index in [1.165, 1.54) is 0 Å². The minimum atomic E-state index is -0.738. The van der Waals surface area contributed by atoms with E-state index < -0.39 is 5.41 Å². The van der Waals surface area contributed by atoms with Crippen LogP contribution in [-0.4, -0.2) is 26.0 Å². The zero-order chi connectivity index (χ0) is 21.1. The van der Waals surface area contributed by atoms with Crippen molar-refractivity contribution in [3.63, 3.8) is 0 Å². The van der Waals surface area contributed by atoms with Crippen LogP contribution < -0.4 is 19.7 Å². The van der Waals surface area contributed by atoms with Crippen molar-refractivity contribution in [2.45, 2.75) is 32.1 Å². The van der Waals surface area contributed by atoms with Gasteiger partial charge in [-0.25, -0.2) is 0 Å². The molecular formula is C24H26N2O4. The number of fused-ring (bicyclic) bond motifs is 1. The summed E-state index contributed by atoms with van der Waals surface area (Å²) in [6, 6.07) is 14.9. The Morgan fingerprint density at radius 3 is 2.40 bits per heavy atom. The van der Waals surface area contributed by atoms with E-state index in [0.29, 0.717) is 36.4 Å². The van der Waals surface area contributed by atoms with Gasteiger partial charge in [0.15, 0.2) is 0 Å². The van der Waals surface area contributed by atoms with Gasteiger partial charge in [-0.3, -0.25) is 14.5 Å². The molecule has 1 aliphatic heterocycles. The molecule has 30 heavy (non-hydrogen) atoms. The van der Waals surface area contributed by atoms with Gasteiger partial charge in [0, 0.05) is 41.7 Å². The van der Waals surface area contributed by atoms with Crippen LogP contribution in [0.3, 0.4) is 0 Å². The van der Waals surface area contributed by atoms with E-state index >= 15 is 0 Å². The van der Waals surface area contributed by atoms with E-state index in [1.807, 2.05) is 30.3 Å². The third-order valence-corrected chi connectivity index (χ3v) is 5.95. The van der Waals surface area contributed by atoms with Crippen molar-refractivity contribution in [3.05, 3.63) is 60.3 Å². The fraction of sp³-hybridized carbons (Fsp3) is 0.333. The maximum Gasteiger partial charge on any atom is 0.236 e. The predicted octanol–water partition coefficient (Wildman–Crippen LogP) is 4.52. The first-order valence-corrected chi connectivity index (χ1v) is 10.2. The number of nitrogens with zero attached hydrogens (tertiary/aromatic N) is 1. The van der Waals surface area contributed by atoms with Gasteiger partial charge in [0.05, 0.1) is 19.6 Å². The zero-order valence-corrected chi connectivity index (χ0v) is 17.3. The average molecular weight is 406 g/mol. The summed E-state index contributed by atoms with van der Waals surface area (Å²) in [5.41, 5.74) is 1.47. The number of carbonyl (C=O) groups is 2. The van der Waals surface area contributed by atoms with Crippen LogP contribution >= 0.6 is 0 Å². The topological polar surface area (TPSA) is 67.9 Å². The number of methoxy groups -OCH3 is 2. The second-order valence-electron chi connectivity index (χ2n) is 7.68. The van der Waals surface area contributed by atoms with Gasteiger partial charge in [-0.2, -0.15) is 0 Å². The van der Waals surface area contributed by atoms with Gasteiger partial charge in [-0.15, -0.1) is 0 Å². The third kappa shape index (κ3) is 3.54. The molecule has 1 unspecified atom stereocenters. The number of carbonyl (C=O) groups excluding carboxylic acids is 2. The fourth-order valence-corrected chi connectivity index (χ4v) is 4.42. The van der Waals surface area contributed by atoms with Crippen molar-refractivity contribution in [2.75, 3.05) is 24.4 Å². The fourth-order valence-electron chi connectivity index (χ4n) is 4.42. The van der Waals surface area contributed by atoms with Crippen LogP contribution in [-0.2, 0) is 9.59 Å². The van der Waals surface area contributed by atoms with Crippen LogP contribution in [0.25, 0.3) is 0 Å². The summed E-state index contributed by atoms with van der Waals surface area (Å²) in [4.78, 5) is 28.2. The molecular weight excluding hydrogens is 380 g/mol. The van der Waals surface area contributed by atoms with Gasteiger partial charge in [-0.1, -0.05) is 24.3 Å². The highest BCUT2D eigenvalue weighted by atomic mass is 16.5. The number of piperidine rings is 1. The van der Waals surface area contributed by atoms with E-state index in [-0.39, 0.29) is 11.8 Å². The van der Waals surface area contributed by atoms with Gasteiger partial charge in [0.1, 0.15) is 11.5 Å². The van der Waals surface area contributed by atoms with Crippen molar-refractivity contribution < 1.29 is 19.1 Å².